The van der Waals surface area contributed by atoms with E-state index in [0.717, 1.165) is 4.90 Å². The summed E-state index contributed by atoms with van der Waals surface area (Å²) in [6.07, 6.45) is 0.275. The van der Waals surface area contributed by atoms with Crippen molar-refractivity contribution in [1.82, 2.24) is 19.4 Å². The molecule has 184 valence electrons. The number of ether oxygens (including phenoxy) is 1. The van der Waals surface area contributed by atoms with E-state index in [-0.39, 0.29) is 45.0 Å². The van der Waals surface area contributed by atoms with Gasteiger partial charge in [-0.1, -0.05) is 48.5 Å². The molecule has 2 fully saturated rings. The molecule has 3 aliphatic heterocycles. The Labute approximate surface area is 203 Å². The lowest BCUT2D eigenvalue weighted by atomic mass is 9.84. The Morgan fingerprint density at radius 2 is 1.66 bits per heavy atom. The molecule has 1 atom stereocenters. The number of para-hydroxylation sites is 1. The van der Waals surface area contributed by atoms with Crippen LogP contribution in [0.2, 0.25) is 0 Å². The highest BCUT2D eigenvalue weighted by Crippen LogP contribution is 2.40. The summed E-state index contributed by atoms with van der Waals surface area (Å²) < 4.78 is 32.6. The number of carbonyl (C=O) groups is 3. The van der Waals surface area contributed by atoms with Crippen molar-refractivity contribution in [3.8, 4) is 5.75 Å². The lowest BCUT2D eigenvalue weighted by Gasteiger charge is -2.35. The number of hydrogen-bond acceptors (Lipinski definition) is 6. The predicted molar refractivity (Wildman–Crippen MR) is 126 cm³/mol. The number of hydrogen-bond donors (Lipinski definition) is 1. The standard InChI is InChI=1S/C24H26N4O6S/c29-21(26-11-13-27(14-12-26)35(32,33)17-18-6-2-1-3-7-18)16-28-22(30)24(25-23(28)31)10-15-34-20-9-5-4-8-19(20)24/h1-9H,10-17H2,(H,25,31)/t24-/m1/s1. The number of fused-ring (bicyclic) bond motifs is 2. The Bertz CT molecular complexity index is 1260. The summed E-state index contributed by atoms with van der Waals surface area (Å²) in [5, 5.41) is 2.78. The van der Waals surface area contributed by atoms with Crippen LogP contribution in [0.5, 0.6) is 5.75 Å². The lowest BCUT2D eigenvalue weighted by Crippen LogP contribution is -2.53. The number of amides is 4. The van der Waals surface area contributed by atoms with E-state index >= 15 is 0 Å². The highest BCUT2D eigenvalue weighted by Gasteiger charge is 2.55. The summed E-state index contributed by atoms with van der Waals surface area (Å²) in [6.45, 7) is 0.582. The van der Waals surface area contributed by atoms with Gasteiger partial charge in [-0.2, -0.15) is 4.31 Å². The van der Waals surface area contributed by atoms with Crippen LogP contribution in [-0.4, -0.2) is 79.7 Å². The molecule has 3 aliphatic rings. The molecule has 10 nitrogen and oxygen atoms in total. The molecule has 2 saturated heterocycles. The summed E-state index contributed by atoms with van der Waals surface area (Å²) in [5.74, 6) is -0.438. The highest BCUT2D eigenvalue weighted by atomic mass is 32.2. The zero-order valence-corrected chi connectivity index (χ0v) is 19.9. The number of benzene rings is 2. The maximum Gasteiger partial charge on any atom is 0.325 e. The van der Waals surface area contributed by atoms with Crippen molar-refractivity contribution in [1.29, 1.82) is 0 Å². The topological polar surface area (TPSA) is 116 Å². The summed E-state index contributed by atoms with van der Waals surface area (Å²) >= 11 is 0. The van der Waals surface area contributed by atoms with Crippen molar-refractivity contribution in [3.63, 3.8) is 0 Å². The lowest BCUT2D eigenvalue weighted by molar-refractivity contribution is -0.140. The zero-order chi connectivity index (χ0) is 24.6. The number of nitrogens with zero attached hydrogens (tertiary/aromatic N) is 3. The third-order valence-corrected chi connectivity index (χ3v) is 8.58. The average Bonchev–Trinajstić information content (AvgIpc) is 3.09. The molecule has 0 aromatic heterocycles. The predicted octanol–water partition coefficient (Wildman–Crippen LogP) is 0.890. The summed E-state index contributed by atoms with van der Waals surface area (Å²) in [4.78, 5) is 41.5. The molecule has 0 unspecified atom stereocenters. The molecule has 0 aliphatic carbocycles. The van der Waals surface area contributed by atoms with Crippen molar-refractivity contribution in [3.05, 3.63) is 65.7 Å². The van der Waals surface area contributed by atoms with Gasteiger partial charge in [-0.15, -0.1) is 0 Å². The first-order valence-corrected chi connectivity index (χ1v) is 13.1. The molecule has 2 aromatic carbocycles. The first kappa shape index (κ1) is 23.3. The van der Waals surface area contributed by atoms with Crippen molar-refractivity contribution in [2.24, 2.45) is 0 Å². The SMILES string of the molecule is O=C(CN1C(=O)N[C@@]2(CCOc3ccccc32)C1=O)N1CCN(S(=O)(=O)Cc2ccccc2)CC1. The highest BCUT2D eigenvalue weighted by molar-refractivity contribution is 7.88. The fourth-order valence-corrected chi connectivity index (χ4v) is 6.36. The Balaban J connectivity index is 1.22. The number of sulfonamides is 1. The maximum absolute atomic E-state index is 13.4. The van der Waals surface area contributed by atoms with Crippen LogP contribution >= 0.6 is 0 Å². The van der Waals surface area contributed by atoms with Crippen molar-refractivity contribution < 1.29 is 27.5 Å². The van der Waals surface area contributed by atoms with Crippen molar-refractivity contribution >= 4 is 27.9 Å². The quantitative estimate of drug-likeness (QED) is 0.612. The second-order valence-electron chi connectivity index (χ2n) is 8.84. The fourth-order valence-electron chi connectivity index (χ4n) is 4.84. The van der Waals surface area contributed by atoms with Gasteiger partial charge in [-0.05, 0) is 11.6 Å². The van der Waals surface area contributed by atoms with Crippen LogP contribution in [-0.2, 0) is 30.9 Å². The average molecular weight is 499 g/mol. The van der Waals surface area contributed by atoms with Gasteiger partial charge in [0.15, 0.2) is 5.54 Å². The molecule has 0 saturated carbocycles. The van der Waals surface area contributed by atoms with Gasteiger partial charge in [-0.25, -0.2) is 13.2 Å². The van der Waals surface area contributed by atoms with E-state index in [2.05, 4.69) is 5.32 Å². The van der Waals surface area contributed by atoms with Gasteiger partial charge in [-0.3, -0.25) is 14.5 Å². The molecule has 11 heteroatoms. The van der Waals surface area contributed by atoms with Crippen molar-refractivity contribution in [2.45, 2.75) is 17.7 Å². The second kappa shape index (κ2) is 8.97. The van der Waals surface area contributed by atoms with Gasteiger partial charge in [0.1, 0.15) is 12.3 Å². The number of piperazine rings is 1. The molecular formula is C24H26N4O6S. The molecule has 1 spiro atoms. The molecular weight excluding hydrogens is 472 g/mol. The van der Waals surface area contributed by atoms with Crippen LogP contribution in [0.25, 0.3) is 0 Å². The smallest absolute Gasteiger partial charge is 0.325 e. The van der Waals surface area contributed by atoms with E-state index in [0.29, 0.717) is 16.9 Å². The molecule has 4 amide bonds. The first-order valence-electron chi connectivity index (χ1n) is 11.5. The molecule has 2 aromatic rings. The van der Waals surface area contributed by atoms with E-state index < -0.39 is 40.0 Å². The molecule has 5 rings (SSSR count). The normalized spacial score (nSPS) is 22.6. The number of nitrogens with one attached hydrogen (secondary N) is 1. The molecule has 1 N–H and O–H groups in total. The van der Waals surface area contributed by atoms with Crippen LogP contribution in [0.4, 0.5) is 4.79 Å². The van der Waals surface area contributed by atoms with Gasteiger partial charge < -0.3 is 15.0 Å². The van der Waals surface area contributed by atoms with Crippen LogP contribution in [0.3, 0.4) is 0 Å². The van der Waals surface area contributed by atoms with E-state index in [1.807, 2.05) is 6.07 Å². The van der Waals surface area contributed by atoms with E-state index in [9.17, 15) is 22.8 Å². The minimum absolute atomic E-state index is 0.0997. The van der Waals surface area contributed by atoms with Gasteiger partial charge in [0.05, 0.1) is 12.4 Å². The summed E-state index contributed by atoms with van der Waals surface area (Å²) in [5.41, 5.74) is 0.0427. The summed E-state index contributed by atoms with van der Waals surface area (Å²) in [6, 6.07) is 15.4. The molecule has 0 radical (unpaired) electrons. The third-order valence-electron chi connectivity index (χ3n) is 6.73. The fraction of sp³-hybridized carbons (Fsp3) is 0.375. The Morgan fingerprint density at radius 3 is 2.40 bits per heavy atom. The van der Waals surface area contributed by atoms with Crippen molar-refractivity contribution in [2.75, 3.05) is 39.3 Å². The zero-order valence-electron chi connectivity index (χ0n) is 19.1. The number of carbonyl (C=O) groups excluding carboxylic acids is 3. The Morgan fingerprint density at radius 1 is 0.971 bits per heavy atom. The first-order chi connectivity index (χ1) is 16.8. The van der Waals surface area contributed by atoms with Gasteiger partial charge in [0.25, 0.3) is 5.91 Å². The second-order valence-corrected chi connectivity index (χ2v) is 10.8. The minimum atomic E-state index is -3.52. The maximum atomic E-state index is 13.4. The molecule has 35 heavy (non-hydrogen) atoms. The number of imide groups is 1. The van der Waals surface area contributed by atoms with Gasteiger partial charge >= 0.3 is 6.03 Å². The van der Waals surface area contributed by atoms with E-state index in [4.69, 9.17) is 4.74 Å². The molecule has 3 heterocycles. The molecule has 0 bridgehead atoms. The van der Waals surface area contributed by atoms with Crippen LogP contribution in [0.15, 0.2) is 54.6 Å². The van der Waals surface area contributed by atoms with E-state index in [1.165, 1.54) is 9.21 Å². The number of urea groups is 1. The monoisotopic (exact) mass is 498 g/mol. The summed E-state index contributed by atoms with van der Waals surface area (Å²) in [7, 11) is -3.52. The van der Waals surface area contributed by atoms with E-state index in [1.54, 1.807) is 48.5 Å². The minimum Gasteiger partial charge on any atom is -0.493 e. The van der Waals surface area contributed by atoms with Gasteiger partial charge in [0.2, 0.25) is 15.9 Å². The number of rotatable bonds is 5. The van der Waals surface area contributed by atoms with Crippen LogP contribution in [0, 0.1) is 0 Å². The third kappa shape index (κ3) is 4.25. The largest absolute Gasteiger partial charge is 0.493 e. The Hall–Kier alpha value is -3.44. The van der Waals surface area contributed by atoms with Crippen LogP contribution in [0.1, 0.15) is 17.5 Å². The van der Waals surface area contributed by atoms with Crippen LogP contribution < -0.4 is 10.1 Å². The Kier molecular flexibility index (Phi) is 5.97. The van der Waals surface area contributed by atoms with Gasteiger partial charge in [0, 0.05) is 38.2 Å².